The summed E-state index contributed by atoms with van der Waals surface area (Å²) in [5.74, 6) is 0.197. The first-order chi connectivity index (χ1) is 11.7. The number of hydrogen-bond donors (Lipinski definition) is 0. The second-order valence-electron chi connectivity index (χ2n) is 6.99. The number of pyridine rings is 1. The van der Waals surface area contributed by atoms with Crippen molar-refractivity contribution in [2.75, 3.05) is 27.2 Å². The van der Waals surface area contributed by atoms with Crippen LogP contribution in [0.15, 0.2) is 21.7 Å². The summed E-state index contributed by atoms with van der Waals surface area (Å²) in [5, 5.41) is 0.321. The molecule has 0 N–H and O–H groups in total. The number of aryl methyl sites for hydroxylation is 1. The van der Waals surface area contributed by atoms with E-state index in [0.717, 1.165) is 4.57 Å². The molecule has 2 atom stereocenters. The summed E-state index contributed by atoms with van der Waals surface area (Å²) in [6, 6.07) is 3.44. The molecule has 1 saturated heterocycles. The predicted octanol–water partition coefficient (Wildman–Crippen LogP) is -0.346. The number of likely N-dealkylation sites (tertiary alicyclic amines) is 1. The van der Waals surface area contributed by atoms with Crippen molar-refractivity contribution in [2.45, 2.75) is 13.0 Å². The van der Waals surface area contributed by atoms with E-state index in [-0.39, 0.29) is 17.2 Å². The Morgan fingerprint density at radius 2 is 1.84 bits per heavy atom. The van der Waals surface area contributed by atoms with Gasteiger partial charge in [-0.25, -0.2) is 9.78 Å². The number of hydrogen-bond acceptors (Lipinski definition) is 5. The van der Waals surface area contributed by atoms with Gasteiger partial charge in [0.05, 0.1) is 5.39 Å². The molecule has 25 heavy (non-hydrogen) atoms. The van der Waals surface area contributed by atoms with Gasteiger partial charge >= 0.3 is 5.69 Å². The number of aromatic nitrogens is 3. The molecular formula is C17H23N5O3. The van der Waals surface area contributed by atoms with Gasteiger partial charge in [0.15, 0.2) is 0 Å². The summed E-state index contributed by atoms with van der Waals surface area (Å²) >= 11 is 0. The minimum absolute atomic E-state index is 0.175. The zero-order valence-electron chi connectivity index (χ0n) is 15.2. The Bertz CT molecular complexity index is 959. The van der Waals surface area contributed by atoms with Gasteiger partial charge in [0.1, 0.15) is 11.3 Å². The highest BCUT2D eigenvalue weighted by Gasteiger charge is 2.34. The fourth-order valence-electron chi connectivity index (χ4n) is 3.52. The van der Waals surface area contributed by atoms with Crippen LogP contribution >= 0.6 is 0 Å². The number of rotatable bonds is 2. The van der Waals surface area contributed by atoms with Crippen LogP contribution in [0.3, 0.4) is 0 Å². The molecule has 3 heterocycles. The smallest absolute Gasteiger partial charge is 0.332 e. The summed E-state index contributed by atoms with van der Waals surface area (Å²) in [6.07, 6.45) is 0. The number of carbonyl (C=O) groups is 1. The quantitative estimate of drug-likeness (QED) is 0.744. The van der Waals surface area contributed by atoms with E-state index in [0.29, 0.717) is 30.4 Å². The highest BCUT2D eigenvalue weighted by atomic mass is 16.2. The summed E-state index contributed by atoms with van der Waals surface area (Å²) < 4.78 is 2.33. The van der Waals surface area contributed by atoms with Crippen molar-refractivity contribution < 1.29 is 4.79 Å². The Labute approximate surface area is 145 Å². The van der Waals surface area contributed by atoms with Crippen molar-refractivity contribution >= 4 is 16.9 Å². The molecule has 0 spiro atoms. The zero-order valence-corrected chi connectivity index (χ0v) is 15.2. The number of carbonyl (C=O) groups excluding carboxylic acids is 1. The second kappa shape index (κ2) is 6.11. The molecule has 0 saturated carbocycles. The Kier molecular flexibility index (Phi) is 4.24. The Hall–Kier alpha value is -2.48. The average Bonchev–Trinajstić information content (AvgIpc) is 2.99. The van der Waals surface area contributed by atoms with E-state index in [1.807, 2.05) is 14.1 Å². The van der Waals surface area contributed by atoms with Crippen molar-refractivity contribution in [1.82, 2.24) is 23.9 Å². The SMILES string of the molecule is C[C@@H]1CN(C(=O)c2ccc3c(=O)n(C)c(=O)n(C)c3n2)C[C@H]1N(C)C. The molecule has 8 heteroatoms. The lowest BCUT2D eigenvalue weighted by atomic mass is 10.1. The van der Waals surface area contributed by atoms with Gasteiger partial charge in [0, 0.05) is 33.2 Å². The number of amides is 1. The first-order valence-electron chi connectivity index (χ1n) is 8.24. The van der Waals surface area contributed by atoms with Gasteiger partial charge in [-0.3, -0.25) is 18.7 Å². The molecule has 2 aromatic heterocycles. The van der Waals surface area contributed by atoms with E-state index in [2.05, 4.69) is 16.8 Å². The summed E-state index contributed by atoms with van der Waals surface area (Å²) in [5.41, 5.74) is -0.387. The minimum atomic E-state index is -0.461. The molecule has 1 fully saturated rings. The van der Waals surface area contributed by atoms with Crippen LogP contribution in [0.4, 0.5) is 0 Å². The van der Waals surface area contributed by atoms with Crippen molar-refractivity contribution in [3.05, 3.63) is 38.7 Å². The molecule has 2 aromatic rings. The normalized spacial score (nSPS) is 20.6. The van der Waals surface area contributed by atoms with Gasteiger partial charge in [0.2, 0.25) is 0 Å². The first kappa shape index (κ1) is 17.3. The van der Waals surface area contributed by atoms with Crippen LogP contribution < -0.4 is 11.2 Å². The summed E-state index contributed by atoms with van der Waals surface area (Å²) in [6.45, 7) is 3.43. The lowest BCUT2D eigenvalue weighted by molar-refractivity contribution is 0.0776. The van der Waals surface area contributed by atoms with Crippen molar-refractivity contribution in [2.24, 2.45) is 20.0 Å². The number of nitrogens with zero attached hydrogens (tertiary/aromatic N) is 5. The summed E-state index contributed by atoms with van der Waals surface area (Å²) in [4.78, 5) is 45.3. The second-order valence-corrected chi connectivity index (χ2v) is 6.99. The lowest BCUT2D eigenvalue weighted by Crippen LogP contribution is -2.38. The van der Waals surface area contributed by atoms with Crippen LogP contribution in [0.2, 0.25) is 0 Å². The van der Waals surface area contributed by atoms with E-state index in [9.17, 15) is 14.4 Å². The molecule has 0 radical (unpaired) electrons. The maximum atomic E-state index is 12.8. The van der Waals surface area contributed by atoms with E-state index >= 15 is 0 Å². The van der Waals surface area contributed by atoms with E-state index in [1.165, 1.54) is 11.6 Å². The Morgan fingerprint density at radius 1 is 1.16 bits per heavy atom. The van der Waals surface area contributed by atoms with E-state index in [1.54, 1.807) is 24.1 Å². The van der Waals surface area contributed by atoms with Gasteiger partial charge in [-0.1, -0.05) is 6.92 Å². The van der Waals surface area contributed by atoms with Gasteiger partial charge in [-0.2, -0.15) is 0 Å². The number of fused-ring (bicyclic) bond motifs is 1. The Balaban J connectivity index is 2.02. The maximum absolute atomic E-state index is 12.8. The third-order valence-corrected chi connectivity index (χ3v) is 5.04. The molecule has 1 aliphatic rings. The molecule has 3 rings (SSSR count). The van der Waals surface area contributed by atoms with Crippen LogP contribution in [0.25, 0.3) is 11.0 Å². The fraction of sp³-hybridized carbons (Fsp3) is 0.529. The molecule has 8 nitrogen and oxygen atoms in total. The zero-order chi connectivity index (χ0) is 18.5. The van der Waals surface area contributed by atoms with Crippen molar-refractivity contribution in [3.8, 4) is 0 Å². The van der Waals surface area contributed by atoms with Crippen molar-refractivity contribution in [1.29, 1.82) is 0 Å². The topological polar surface area (TPSA) is 80.4 Å². The minimum Gasteiger partial charge on any atom is -0.335 e. The van der Waals surface area contributed by atoms with Gasteiger partial charge < -0.3 is 9.80 Å². The third-order valence-electron chi connectivity index (χ3n) is 5.04. The molecule has 0 aromatic carbocycles. The molecule has 0 bridgehead atoms. The monoisotopic (exact) mass is 345 g/mol. The highest BCUT2D eigenvalue weighted by Crippen LogP contribution is 2.21. The van der Waals surface area contributed by atoms with Gasteiger partial charge in [-0.05, 0) is 32.1 Å². The van der Waals surface area contributed by atoms with Gasteiger partial charge in [-0.15, -0.1) is 0 Å². The van der Waals surface area contributed by atoms with Crippen LogP contribution in [-0.4, -0.2) is 63.1 Å². The maximum Gasteiger partial charge on any atom is 0.332 e. The molecule has 134 valence electrons. The van der Waals surface area contributed by atoms with Crippen LogP contribution in [0.1, 0.15) is 17.4 Å². The standard InChI is InChI=1S/C17H23N5O3/c1-10-8-22(9-13(10)19(2)3)16(24)12-7-6-11-14(18-12)20(4)17(25)21(5)15(11)23/h6-7,10,13H,8-9H2,1-5H3/t10-,13-/m1/s1. The largest absolute Gasteiger partial charge is 0.335 e. The lowest BCUT2D eigenvalue weighted by Gasteiger charge is -2.22. The van der Waals surface area contributed by atoms with Gasteiger partial charge in [0.25, 0.3) is 11.5 Å². The molecule has 1 aliphatic heterocycles. The Morgan fingerprint density at radius 3 is 2.44 bits per heavy atom. The van der Waals surface area contributed by atoms with Crippen molar-refractivity contribution in [3.63, 3.8) is 0 Å². The predicted molar refractivity (Wildman–Crippen MR) is 94.8 cm³/mol. The fourth-order valence-corrected chi connectivity index (χ4v) is 3.52. The summed E-state index contributed by atoms with van der Waals surface area (Å²) in [7, 11) is 6.99. The molecule has 1 amide bonds. The van der Waals surface area contributed by atoms with E-state index in [4.69, 9.17) is 0 Å². The third kappa shape index (κ3) is 2.76. The van der Waals surface area contributed by atoms with Crippen LogP contribution in [0.5, 0.6) is 0 Å². The molecular weight excluding hydrogens is 322 g/mol. The molecule has 0 aliphatic carbocycles. The highest BCUT2D eigenvalue weighted by molar-refractivity contribution is 5.94. The van der Waals surface area contributed by atoms with Crippen LogP contribution in [0, 0.1) is 5.92 Å². The van der Waals surface area contributed by atoms with Crippen LogP contribution in [-0.2, 0) is 14.1 Å². The van der Waals surface area contributed by atoms with E-state index < -0.39 is 11.2 Å². The average molecular weight is 345 g/mol. The first-order valence-corrected chi connectivity index (χ1v) is 8.24. The number of likely N-dealkylation sites (N-methyl/N-ethyl adjacent to an activating group) is 1. The molecule has 0 unspecified atom stereocenters.